The third-order valence-electron chi connectivity index (χ3n) is 2.61. The fraction of sp³-hybridized carbons (Fsp3) is 0.200. The molecule has 0 spiro atoms. The molecular weight excluding hydrogens is 276 g/mol. The SMILES string of the molecule is CC(C)Oc1cncc(C(=O)c2ccc(Cl)c(N)c2)c1. The highest BCUT2D eigenvalue weighted by Crippen LogP contribution is 2.22. The number of halogens is 1. The molecule has 5 heteroatoms. The lowest BCUT2D eigenvalue weighted by Crippen LogP contribution is -2.08. The number of ether oxygens (including phenoxy) is 1. The molecule has 0 fully saturated rings. The highest BCUT2D eigenvalue weighted by atomic mass is 35.5. The second kappa shape index (κ2) is 5.92. The van der Waals surface area contributed by atoms with E-state index >= 15 is 0 Å². The van der Waals surface area contributed by atoms with Gasteiger partial charge in [0.05, 0.1) is 23.0 Å². The van der Waals surface area contributed by atoms with Crippen LogP contribution in [0.15, 0.2) is 36.7 Å². The summed E-state index contributed by atoms with van der Waals surface area (Å²) in [5.74, 6) is 0.392. The normalized spacial score (nSPS) is 10.6. The summed E-state index contributed by atoms with van der Waals surface area (Å²) in [7, 11) is 0. The predicted octanol–water partition coefficient (Wildman–Crippen LogP) is 3.34. The van der Waals surface area contributed by atoms with Gasteiger partial charge in [0.1, 0.15) is 5.75 Å². The van der Waals surface area contributed by atoms with Gasteiger partial charge in [-0.25, -0.2) is 0 Å². The van der Waals surface area contributed by atoms with E-state index in [-0.39, 0.29) is 11.9 Å². The van der Waals surface area contributed by atoms with Gasteiger partial charge in [0, 0.05) is 17.3 Å². The Morgan fingerprint density at radius 1 is 1.25 bits per heavy atom. The smallest absolute Gasteiger partial charge is 0.194 e. The Hall–Kier alpha value is -2.07. The van der Waals surface area contributed by atoms with E-state index in [1.807, 2.05) is 13.8 Å². The molecule has 0 atom stereocenters. The van der Waals surface area contributed by atoms with Crippen LogP contribution in [0.1, 0.15) is 29.8 Å². The van der Waals surface area contributed by atoms with E-state index in [2.05, 4.69) is 4.98 Å². The summed E-state index contributed by atoms with van der Waals surface area (Å²) < 4.78 is 5.52. The number of carbonyl (C=O) groups excluding carboxylic acids is 1. The Morgan fingerprint density at radius 2 is 2.00 bits per heavy atom. The molecule has 104 valence electrons. The van der Waals surface area contributed by atoms with Gasteiger partial charge in [-0.2, -0.15) is 0 Å². The van der Waals surface area contributed by atoms with Crippen molar-refractivity contribution in [3.05, 3.63) is 52.8 Å². The van der Waals surface area contributed by atoms with Crippen LogP contribution in [0.5, 0.6) is 5.75 Å². The standard InChI is InChI=1S/C15H15ClN2O2/c1-9(2)20-12-5-11(7-18-8-12)15(19)10-3-4-13(16)14(17)6-10/h3-9H,17H2,1-2H3. The zero-order valence-electron chi connectivity index (χ0n) is 11.3. The van der Waals surface area contributed by atoms with Gasteiger partial charge < -0.3 is 10.5 Å². The second-order valence-electron chi connectivity index (χ2n) is 4.64. The monoisotopic (exact) mass is 290 g/mol. The average molecular weight is 291 g/mol. The topological polar surface area (TPSA) is 65.2 Å². The van der Waals surface area contributed by atoms with Crippen molar-refractivity contribution in [1.82, 2.24) is 4.98 Å². The van der Waals surface area contributed by atoms with E-state index in [0.717, 1.165) is 0 Å². The molecule has 0 saturated carbocycles. The number of nitrogens with two attached hydrogens (primary N) is 1. The lowest BCUT2D eigenvalue weighted by atomic mass is 10.0. The van der Waals surface area contributed by atoms with Crippen LogP contribution in [0.25, 0.3) is 0 Å². The van der Waals surface area contributed by atoms with Gasteiger partial charge in [-0.1, -0.05) is 11.6 Å². The zero-order chi connectivity index (χ0) is 14.7. The van der Waals surface area contributed by atoms with Gasteiger partial charge in [0.15, 0.2) is 5.78 Å². The Balaban J connectivity index is 2.30. The second-order valence-corrected chi connectivity index (χ2v) is 5.05. The van der Waals surface area contributed by atoms with Crippen molar-refractivity contribution in [2.75, 3.05) is 5.73 Å². The third kappa shape index (κ3) is 3.27. The van der Waals surface area contributed by atoms with Crippen molar-refractivity contribution >= 4 is 23.1 Å². The first kappa shape index (κ1) is 14.3. The molecule has 0 saturated heterocycles. The van der Waals surface area contributed by atoms with E-state index in [9.17, 15) is 4.79 Å². The largest absolute Gasteiger partial charge is 0.489 e. The molecule has 0 bridgehead atoms. The molecule has 2 aromatic rings. The van der Waals surface area contributed by atoms with Crippen LogP contribution in [0, 0.1) is 0 Å². The van der Waals surface area contributed by atoms with E-state index in [1.54, 1.807) is 30.5 Å². The number of pyridine rings is 1. The van der Waals surface area contributed by atoms with E-state index in [4.69, 9.17) is 22.1 Å². The maximum absolute atomic E-state index is 12.4. The van der Waals surface area contributed by atoms with Crippen molar-refractivity contribution in [3.8, 4) is 5.75 Å². The first-order valence-corrected chi connectivity index (χ1v) is 6.56. The number of ketones is 1. The van der Waals surface area contributed by atoms with E-state index in [1.165, 1.54) is 6.20 Å². The number of anilines is 1. The molecule has 2 rings (SSSR count). The van der Waals surface area contributed by atoms with Gasteiger partial charge in [0.25, 0.3) is 0 Å². The summed E-state index contributed by atoms with van der Waals surface area (Å²) in [5.41, 5.74) is 7.00. The fourth-order valence-corrected chi connectivity index (χ4v) is 1.85. The molecule has 0 aliphatic heterocycles. The molecule has 20 heavy (non-hydrogen) atoms. The highest BCUT2D eigenvalue weighted by molar-refractivity contribution is 6.33. The van der Waals surface area contributed by atoms with Crippen LogP contribution < -0.4 is 10.5 Å². The average Bonchev–Trinajstić information content (AvgIpc) is 2.40. The van der Waals surface area contributed by atoms with Crippen LogP contribution in [0.4, 0.5) is 5.69 Å². The van der Waals surface area contributed by atoms with Gasteiger partial charge in [-0.15, -0.1) is 0 Å². The maximum Gasteiger partial charge on any atom is 0.194 e. The summed E-state index contributed by atoms with van der Waals surface area (Å²) in [6.45, 7) is 3.82. The lowest BCUT2D eigenvalue weighted by Gasteiger charge is -2.10. The summed E-state index contributed by atoms with van der Waals surface area (Å²) in [6, 6.07) is 6.46. The predicted molar refractivity (Wildman–Crippen MR) is 79.3 cm³/mol. The van der Waals surface area contributed by atoms with Gasteiger partial charge in [-0.3, -0.25) is 9.78 Å². The van der Waals surface area contributed by atoms with Gasteiger partial charge in [0.2, 0.25) is 0 Å². The molecule has 1 heterocycles. The zero-order valence-corrected chi connectivity index (χ0v) is 12.0. The van der Waals surface area contributed by atoms with Crippen LogP contribution in [0.2, 0.25) is 5.02 Å². The molecular formula is C15H15ClN2O2. The molecule has 0 aliphatic rings. The summed E-state index contributed by atoms with van der Waals surface area (Å²) in [4.78, 5) is 16.4. The Bertz CT molecular complexity index is 642. The summed E-state index contributed by atoms with van der Waals surface area (Å²) >= 11 is 5.85. The molecule has 4 nitrogen and oxygen atoms in total. The summed E-state index contributed by atoms with van der Waals surface area (Å²) in [5, 5.41) is 0.427. The quantitative estimate of drug-likeness (QED) is 0.693. The first-order chi connectivity index (χ1) is 9.47. The number of rotatable bonds is 4. The number of aromatic nitrogens is 1. The number of hydrogen-bond acceptors (Lipinski definition) is 4. The number of hydrogen-bond donors (Lipinski definition) is 1. The molecule has 0 radical (unpaired) electrons. The van der Waals surface area contributed by atoms with Crippen molar-refractivity contribution < 1.29 is 9.53 Å². The van der Waals surface area contributed by atoms with Crippen LogP contribution >= 0.6 is 11.6 Å². The van der Waals surface area contributed by atoms with Gasteiger partial charge >= 0.3 is 0 Å². The number of nitrogens with zero attached hydrogens (tertiary/aromatic N) is 1. The molecule has 1 aromatic carbocycles. The van der Waals surface area contributed by atoms with Crippen molar-refractivity contribution in [2.45, 2.75) is 20.0 Å². The molecule has 0 aliphatic carbocycles. The van der Waals surface area contributed by atoms with Crippen LogP contribution in [0.3, 0.4) is 0 Å². The Labute approximate surface area is 122 Å². The molecule has 1 aromatic heterocycles. The Kier molecular flexibility index (Phi) is 4.25. The van der Waals surface area contributed by atoms with Crippen molar-refractivity contribution in [1.29, 1.82) is 0 Å². The number of carbonyl (C=O) groups is 1. The minimum Gasteiger partial charge on any atom is -0.489 e. The minimum absolute atomic E-state index is 0.0216. The lowest BCUT2D eigenvalue weighted by molar-refractivity contribution is 0.103. The molecule has 0 amide bonds. The number of nitrogen functional groups attached to an aromatic ring is 1. The van der Waals surface area contributed by atoms with E-state index < -0.39 is 0 Å². The van der Waals surface area contributed by atoms with Crippen LogP contribution in [-0.4, -0.2) is 16.9 Å². The highest BCUT2D eigenvalue weighted by Gasteiger charge is 2.12. The minimum atomic E-state index is -0.171. The summed E-state index contributed by atoms with van der Waals surface area (Å²) in [6.07, 6.45) is 3.10. The maximum atomic E-state index is 12.4. The fourth-order valence-electron chi connectivity index (χ4n) is 1.73. The molecule has 2 N–H and O–H groups in total. The molecule has 0 unspecified atom stereocenters. The first-order valence-electron chi connectivity index (χ1n) is 6.19. The third-order valence-corrected chi connectivity index (χ3v) is 2.95. The Morgan fingerprint density at radius 3 is 2.65 bits per heavy atom. The van der Waals surface area contributed by atoms with Crippen LogP contribution in [-0.2, 0) is 0 Å². The number of benzene rings is 1. The van der Waals surface area contributed by atoms with Gasteiger partial charge in [-0.05, 0) is 38.1 Å². The van der Waals surface area contributed by atoms with E-state index in [0.29, 0.717) is 27.6 Å². The van der Waals surface area contributed by atoms with Crippen molar-refractivity contribution in [2.24, 2.45) is 0 Å². The van der Waals surface area contributed by atoms with Crippen molar-refractivity contribution in [3.63, 3.8) is 0 Å².